The van der Waals surface area contributed by atoms with E-state index in [0.29, 0.717) is 17.8 Å². The molecule has 1 aromatic rings. The smallest absolute Gasteiger partial charge is 0.255 e. The number of rotatable bonds is 6. The average molecular weight is 583 g/mol. The van der Waals surface area contributed by atoms with E-state index in [1.807, 2.05) is 6.92 Å². The number of phenolic OH excluding ortho intramolecular Hbond substituents is 1. The van der Waals surface area contributed by atoms with Gasteiger partial charge in [0.05, 0.1) is 11.6 Å². The molecule has 4 aliphatic rings. The van der Waals surface area contributed by atoms with Crippen LogP contribution in [0.2, 0.25) is 0 Å². The molecule has 224 valence electrons. The van der Waals surface area contributed by atoms with Crippen molar-refractivity contribution in [2.75, 3.05) is 25.8 Å². The fraction of sp³-hybridized carbons (Fsp3) is 0.464. The number of fused-ring (bicyclic) bond motifs is 3. The second-order valence-electron chi connectivity index (χ2n) is 11.4. The lowest BCUT2D eigenvalue weighted by Crippen LogP contribution is -2.65. The van der Waals surface area contributed by atoms with Crippen molar-refractivity contribution < 1.29 is 39.6 Å². The maximum Gasteiger partial charge on any atom is 0.255 e. The first-order chi connectivity index (χ1) is 19.7. The molecule has 1 aliphatic heterocycles. The fourth-order valence-corrected chi connectivity index (χ4v) is 6.96. The van der Waals surface area contributed by atoms with Gasteiger partial charge in [-0.3, -0.25) is 24.1 Å². The van der Waals surface area contributed by atoms with Gasteiger partial charge in [0, 0.05) is 11.5 Å². The third kappa shape index (κ3) is 3.89. The van der Waals surface area contributed by atoms with E-state index in [-0.39, 0.29) is 42.1 Å². The second-order valence-corrected chi connectivity index (χ2v) is 11.4. The zero-order valence-corrected chi connectivity index (χ0v) is 23.7. The summed E-state index contributed by atoms with van der Waals surface area (Å²) < 4.78 is 0. The van der Waals surface area contributed by atoms with E-state index < -0.39 is 70.0 Å². The van der Waals surface area contributed by atoms with E-state index in [0.717, 1.165) is 0 Å². The van der Waals surface area contributed by atoms with Crippen LogP contribution in [0.15, 0.2) is 34.1 Å². The number of likely N-dealkylation sites (N-methyl/N-ethyl adjacent to an activating group) is 1. The number of primary amides is 2. The number of phenols is 1. The molecule has 0 radical (unpaired) electrons. The Kier molecular flexibility index (Phi) is 6.81. The van der Waals surface area contributed by atoms with Gasteiger partial charge in [-0.2, -0.15) is 5.10 Å². The highest BCUT2D eigenvalue weighted by Crippen LogP contribution is 2.53. The molecule has 5 atom stereocenters. The molecular formula is C28H34N6O8. The molecule has 0 spiro atoms. The minimum atomic E-state index is -2.71. The predicted molar refractivity (Wildman–Crippen MR) is 150 cm³/mol. The maximum absolute atomic E-state index is 14.0. The first-order valence-electron chi connectivity index (χ1n) is 13.5. The third-order valence-electron chi connectivity index (χ3n) is 8.91. The summed E-state index contributed by atoms with van der Waals surface area (Å²) in [5.74, 6) is -7.14. The average Bonchev–Trinajstić information content (AvgIpc) is 3.26. The number of ketones is 2. The zero-order chi connectivity index (χ0) is 31.0. The Morgan fingerprint density at radius 1 is 1.19 bits per heavy atom. The Labute approximate surface area is 241 Å². The normalized spacial score (nSPS) is 28.0. The van der Waals surface area contributed by atoms with E-state index in [1.54, 1.807) is 38.1 Å². The number of amides is 2. The molecule has 1 aromatic carbocycles. The molecule has 42 heavy (non-hydrogen) atoms. The maximum atomic E-state index is 14.0. The number of amidine groups is 1. The van der Waals surface area contributed by atoms with E-state index in [9.17, 15) is 39.6 Å². The van der Waals surface area contributed by atoms with Crippen LogP contribution in [0.3, 0.4) is 0 Å². The molecule has 5 rings (SSSR count). The van der Waals surface area contributed by atoms with Crippen LogP contribution < -0.4 is 16.5 Å². The van der Waals surface area contributed by atoms with Crippen molar-refractivity contribution in [1.82, 2.24) is 9.80 Å². The molecule has 1 fully saturated rings. The van der Waals surface area contributed by atoms with Crippen LogP contribution in [0.25, 0.3) is 5.76 Å². The molecule has 8 N–H and O–H groups in total. The largest absolute Gasteiger partial charge is 0.508 e. The van der Waals surface area contributed by atoms with Gasteiger partial charge in [-0.15, -0.1) is 0 Å². The minimum absolute atomic E-state index is 0.00434. The number of hydrogen-bond donors (Lipinski definition) is 6. The SMILES string of the molecule is CCC(C(N)=O)N1CN(c2ccc3c(c2O)C(O)=C2C(=O)[C@]4(O)C(O)=C(C(N)=O)C(=O)[C@@H](N(C)C)C4CC2C3)N=C1C. The summed E-state index contributed by atoms with van der Waals surface area (Å²) in [5.41, 5.74) is 7.76. The molecule has 0 bridgehead atoms. The molecule has 3 unspecified atom stereocenters. The first-order valence-corrected chi connectivity index (χ1v) is 13.5. The molecule has 0 saturated heterocycles. The highest BCUT2D eigenvalue weighted by atomic mass is 16.3. The van der Waals surface area contributed by atoms with Crippen LogP contribution in [0.4, 0.5) is 5.69 Å². The van der Waals surface area contributed by atoms with Crippen molar-refractivity contribution in [3.8, 4) is 5.75 Å². The molecule has 2 amide bonds. The van der Waals surface area contributed by atoms with Gasteiger partial charge in [0.25, 0.3) is 5.91 Å². The van der Waals surface area contributed by atoms with Crippen molar-refractivity contribution in [2.24, 2.45) is 28.4 Å². The monoisotopic (exact) mass is 582 g/mol. The van der Waals surface area contributed by atoms with Gasteiger partial charge >= 0.3 is 0 Å². The van der Waals surface area contributed by atoms with Gasteiger partial charge in [-0.05, 0) is 57.8 Å². The van der Waals surface area contributed by atoms with Crippen molar-refractivity contribution in [1.29, 1.82) is 0 Å². The number of aliphatic hydroxyl groups is 3. The van der Waals surface area contributed by atoms with Crippen molar-refractivity contribution in [2.45, 2.75) is 50.8 Å². The first kappa shape index (κ1) is 29.1. The number of aliphatic hydroxyl groups excluding tert-OH is 2. The summed E-state index contributed by atoms with van der Waals surface area (Å²) in [6.45, 7) is 3.60. The van der Waals surface area contributed by atoms with Gasteiger partial charge in [-0.1, -0.05) is 13.0 Å². The van der Waals surface area contributed by atoms with Crippen LogP contribution in [0.5, 0.6) is 5.75 Å². The number of hydrazone groups is 1. The summed E-state index contributed by atoms with van der Waals surface area (Å²) in [6, 6.07) is 1.52. The molecule has 1 saturated carbocycles. The summed E-state index contributed by atoms with van der Waals surface area (Å²) in [5, 5.41) is 51.4. The van der Waals surface area contributed by atoms with Crippen molar-refractivity contribution in [3.63, 3.8) is 0 Å². The van der Waals surface area contributed by atoms with E-state index in [1.165, 1.54) is 9.91 Å². The zero-order valence-electron chi connectivity index (χ0n) is 23.7. The molecule has 3 aliphatic carbocycles. The van der Waals surface area contributed by atoms with Gasteiger partial charge in [0.15, 0.2) is 17.1 Å². The van der Waals surface area contributed by atoms with E-state index in [2.05, 4.69) is 5.10 Å². The van der Waals surface area contributed by atoms with Crippen LogP contribution in [-0.4, -0.2) is 97.9 Å². The lowest BCUT2D eigenvalue weighted by molar-refractivity contribution is -0.153. The molecule has 1 heterocycles. The number of hydrogen-bond acceptors (Lipinski definition) is 12. The number of benzene rings is 1. The summed E-state index contributed by atoms with van der Waals surface area (Å²) >= 11 is 0. The summed E-state index contributed by atoms with van der Waals surface area (Å²) in [4.78, 5) is 54.4. The van der Waals surface area contributed by atoms with Crippen LogP contribution in [0.1, 0.15) is 37.8 Å². The van der Waals surface area contributed by atoms with Crippen molar-refractivity contribution in [3.05, 3.63) is 40.2 Å². The summed E-state index contributed by atoms with van der Waals surface area (Å²) in [6.07, 6.45) is 0.617. The predicted octanol–water partition coefficient (Wildman–Crippen LogP) is -0.359. The highest BCUT2D eigenvalue weighted by Gasteiger charge is 2.64. The van der Waals surface area contributed by atoms with E-state index >= 15 is 0 Å². The topological polar surface area (TPSA) is 223 Å². The quantitative estimate of drug-likeness (QED) is 0.238. The highest BCUT2D eigenvalue weighted by molar-refractivity contribution is 6.24. The Morgan fingerprint density at radius 3 is 2.43 bits per heavy atom. The molecule has 0 aromatic heterocycles. The molecule has 14 heteroatoms. The Balaban J connectivity index is 1.60. The number of carbonyl (C=O) groups is 4. The number of aromatic hydroxyl groups is 1. The summed E-state index contributed by atoms with van der Waals surface area (Å²) in [7, 11) is 3.09. The van der Waals surface area contributed by atoms with Gasteiger partial charge in [-0.25, -0.2) is 5.01 Å². The third-order valence-corrected chi connectivity index (χ3v) is 8.91. The molecular weight excluding hydrogens is 548 g/mol. The number of nitrogens with two attached hydrogens (primary N) is 2. The van der Waals surface area contributed by atoms with Gasteiger partial charge in [0.1, 0.15) is 41.3 Å². The number of Topliss-reactive ketones (excluding diaryl/α,β-unsaturated/α-hetero) is 2. The Hall–Kier alpha value is -4.43. The van der Waals surface area contributed by atoms with Crippen molar-refractivity contribution >= 4 is 40.7 Å². The lowest BCUT2D eigenvalue weighted by atomic mass is 9.57. The lowest BCUT2D eigenvalue weighted by Gasteiger charge is -2.50. The van der Waals surface area contributed by atoms with Gasteiger partial charge in [0.2, 0.25) is 11.7 Å². The van der Waals surface area contributed by atoms with E-state index in [4.69, 9.17) is 11.5 Å². The van der Waals surface area contributed by atoms with Crippen LogP contribution in [0, 0.1) is 11.8 Å². The second kappa shape index (κ2) is 9.84. The number of nitrogens with zero attached hydrogens (tertiary/aromatic N) is 4. The fourth-order valence-electron chi connectivity index (χ4n) is 6.96. The Morgan fingerprint density at radius 2 is 1.86 bits per heavy atom. The van der Waals surface area contributed by atoms with Gasteiger partial charge < -0.3 is 36.8 Å². The Bertz CT molecular complexity index is 1530. The molecule has 14 nitrogen and oxygen atoms in total. The van der Waals surface area contributed by atoms with Crippen LogP contribution >= 0.6 is 0 Å². The number of anilines is 1. The standard InChI is InChI=1S/C28H34N6O8/c1-5-15(26(29)40)33-10-34(31-11(33)2)16-7-6-12-8-13-9-14-20(32(3)4)23(37)19(27(30)41)25(39)28(14,42)24(38)18(13)22(36)17(12)21(16)35/h6-7,13-15,20,35-36,39,42H,5,8-10H2,1-4H3,(H2,29,40)(H2,30,41)/t13?,14?,15?,20-,28-/m0/s1. The minimum Gasteiger partial charge on any atom is -0.508 e. The van der Waals surface area contributed by atoms with Crippen LogP contribution in [-0.2, 0) is 25.6 Å². The number of carbonyl (C=O) groups excluding carboxylic acids is 4.